The lowest BCUT2D eigenvalue weighted by molar-refractivity contribution is 0.0551. The molecule has 4 heteroatoms. The number of nitrogens with zero attached hydrogens (tertiary/aromatic N) is 2. The SMILES string of the molecule is COCC(CNCC(C)C)N(C)C1CCN(C)CC1. The van der Waals surface area contributed by atoms with E-state index in [2.05, 4.69) is 43.1 Å². The highest BCUT2D eigenvalue weighted by atomic mass is 16.5. The second-order valence-corrected chi connectivity index (χ2v) is 6.36. The van der Waals surface area contributed by atoms with Gasteiger partial charge in [0.05, 0.1) is 6.61 Å². The summed E-state index contributed by atoms with van der Waals surface area (Å²) in [6.45, 7) is 9.85. The molecule has 0 aliphatic carbocycles. The summed E-state index contributed by atoms with van der Waals surface area (Å²) in [7, 11) is 6.28. The zero-order valence-corrected chi connectivity index (χ0v) is 13.5. The highest BCUT2D eigenvalue weighted by Crippen LogP contribution is 2.16. The number of nitrogens with one attached hydrogen (secondary N) is 1. The summed E-state index contributed by atoms with van der Waals surface area (Å²) >= 11 is 0. The van der Waals surface area contributed by atoms with Crippen molar-refractivity contribution < 1.29 is 4.74 Å². The number of methoxy groups -OCH3 is 1. The zero-order valence-electron chi connectivity index (χ0n) is 13.5. The maximum absolute atomic E-state index is 5.40. The van der Waals surface area contributed by atoms with E-state index < -0.39 is 0 Å². The normalized spacial score (nSPS) is 20.4. The van der Waals surface area contributed by atoms with E-state index >= 15 is 0 Å². The molecule has 1 atom stereocenters. The summed E-state index contributed by atoms with van der Waals surface area (Å²) in [5, 5.41) is 3.57. The standard InChI is InChI=1S/C15H33N3O/c1-13(2)10-16-11-15(12-19-5)18(4)14-6-8-17(3)9-7-14/h13-16H,6-12H2,1-5H3. The number of likely N-dealkylation sites (tertiary alicyclic amines) is 1. The average Bonchev–Trinajstić information content (AvgIpc) is 2.37. The van der Waals surface area contributed by atoms with Crippen molar-refractivity contribution in [1.29, 1.82) is 0 Å². The lowest BCUT2D eigenvalue weighted by atomic mass is 10.0. The Hall–Kier alpha value is -0.160. The fourth-order valence-electron chi connectivity index (χ4n) is 2.75. The summed E-state index contributed by atoms with van der Waals surface area (Å²) in [4.78, 5) is 4.95. The molecule has 19 heavy (non-hydrogen) atoms. The monoisotopic (exact) mass is 271 g/mol. The van der Waals surface area contributed by atoms with Gasteiger partial charge in [-0.2, -0.15) is 0 Å². The Morgan fingerprint density at radius 1 is 1.26 bits per heavy atom. The number of hydrogen-bond acceptors (Lipinski definition) is 4. The zero-order chi connectivity index (χ0) is 14.3. The van der Waals surface area contributed by atoms with Gasteiger partial charge in [-0.3, -0.25) is 4.90 Å². The number of hydrogen-bond donors (Lipinski definition) is 1. The summed E-state index contributed by atoms with van der Waals surface area (Å²) in [5.74, 6) is 0.705. The Labute approximate surface area is 119 Å². The van der Waals surface area contributed by atoms with Gasteiger partial charge >= 0.3 is 0 Å². The molecule has 0 spiro atoms. The van der Waals surface area contributed by atoms with Crippen molar-refractivity contribution in [3.05, 3.63) is 0 Å². The molecule has 4 nitrogen and oxygen atoms in total. The van der Waals surface area contributed by atoms with Gasteiger partial charge < -0.3 is 15.0 Å². The summed E-state index contributed by atoms with van der Waals surface area (Å²) in [6, 6.07) is 1.19. The van der Waals surface area contributed by atoms with Crippen LogP contribution in [0.5, 0.6) is 0 Å². The van der Waals surface area contributed by atoms with Crippen LogP contribution in [0.1, 0.15) is 26.7 Å². The molecule has 1 heterocycles. The van der Waals surface area contributed by atoms with Gasteiger partial charge in [0.15, 0.2) is 0 Å². The van der Waals surface area contributed by atoms with Crippen molar-refractivity contribution in [2.75, 3.05) is 54.0 Å². The largest absolute Gasteiger partial charge is 0.383 e. The third kappa shape index (κ3) is 6.21. The van der Waals surface area contributed by atoms with E-state index in [1.165, 1.54) is 25.9 Å². The number of likely N-dealkylation sites (N-methyl/N-ethyl adjacent to an activating group) is 1. The molecule has 1 N–H and O–H groups in total. The number of rotatable bonds is 8. The quantitative estimate of drug-likeness (QED) is 0.719. The van der Waals surface area contributed by atoms with Crippen molar-refractivity contribution >= 4 is 0 Å². The topological polar surface area (TPSA) is 27.7 Å². The first-order valence-corrected chi connectivity index (χ1v) is 7.64. The molecule has 0 amide bonds. The lowest BCUT2D eigenvalue weighted by Crippen LogP contribution is -2.51. The van der Waals surface area contributed by atoms with Gasteiger partial charge in [-0.1, -0.05) is 13.8 Å². The van der Waals surface area contributed by atoms with Gasteiger partial charge in [0.2, 0.25) is 0 Å². The second kappa shape index (κ2) is 8.90. The molecule has 0 aromatic carbocycles. The van der Waals surface area contributed by atoms with Gasteiger partial charge in [-0.15, -0.1) is 0 Å². The Morgan fingerprint density at radius 3 is 2.42 bits per heavy atom. The van der Waals surface area contributed by atoms with Crippen molar-refractivity contribution in [3.63, 3.8) is 0 Å². The minimum Gasteiger partial charge on any atom is -0.383 e. The van der Waals surface area contributed by atoms with E-state index in [-0.39, 0.29) is 0 Å². The molecular weight excluding hydrogens is 238 g/mol. The third-order valence-electron chi connectivity index (χ3n) is 4.13. The van der Waals surface area contributed by atoms with Crippen LogP contribution < -0.4 is 5.32 Å². The highest BCUT2D eigenvalue weighted by molar-refractivity contribution is 4.82. The van der Waals surface area contributed by atoms with Crippen molar-refractivity contribution in [1.82, 2.24) is 15.1 Å². The van der Waals surface area contributed by atoms with Crippen LogP contribution in [0.25, 0.3) is 0 Å². The highest BCUT2D eigenvalue weighted by Gasteiger charge is 2.25. The fourth-order valence-corrected chi connectivity index (χ4v) is 2.75. The number of ether oxygens (including phenoxy) is 1. The van der Waals surface area contributed by atoms with Crippen LogP contribution in [0, 0.1) is 5.92 Å². The maximum Gasteiger partial charge on any atom is 0.0630 e. The van der Waals surface area contributed by atoms with Crippen LogP contribution in [-0.4, -0.2) is 75.9 Å². The van der Waals surface area contributed by atoms with Gasteiger partial charge in [0.1, 0.15) is 0 Å². The van der Waals surface area contributed by atoms with E-state index in [9.17, 15) is 0 Å². The van der Waals surface area contributed by atoms with Crippen molar-refractivity contribution in [3.8, 4) is 0 Å². The van der Waals surface area contributed by atoms with Crippen LogP contribution in [0.15, 0.2) is 0 Å². The molecule has 1 aliphatic heterocycles. The second-order valence-electron chi connectivity index (χ2n) is 6.36. The van der Waals surface area contributed by atoms with Gasteiger partial charge in [0.25, 0.3) is 0 Å². The summed E-state index contributed by atoms with van der Waals surface area (Å²) < 4.78 is 5.40. The van der Waals surface area contributed by atoms with E-state index in [0.29, 0.717) is 18.0 Å². The average molecular weight is 271 g/mol. The van der Waals surface area contributed by atoms with Gasteiger partial charge in [-0.05, 0) is 52.5 Å². The van der Waals surface area contributed by atoms with E-state index in [0.717, 1.165) is 19.7 Å². The smallest absolute Gasteiger partial charge is 0.0630 e. The Bertz CT molecular complexity index is 227. The molecular formula is C15H33N3O. The van der Waals surface area contributed by atoms with Gasteiger partial charge in [-0.25, -0.2) is 0 Å². The van der Waals surface area contributed by atoms with Gasteiger partial charge in [0, 0.05) is 25.7 Å². The maximum atomic E-state index is 5.40. The molecule has 1 fully saturated rings. The Morgan fingerprint density at radius 2 is 1.89 bits per heavy atom. The fraction of sp³-hybridized carbons (Fsp3) is 1.00. The lowest BCUT2D eigenvalue weighted by Gasteiger charge is -2.39. The molecule has 114 valence electrons. The summed E-state index contributed by atoms with van der Waals surface area (Å²) in [6.07, 6.45) is 2.55. The molecule has 1 rings (SSSR count). The molecule has 0 aromatic heterocycles. The predicted molar refractivity (Wildman–Crippen MR) is 81.7 cm³/mol. The minimum absolute atomic E-state index is 0.483. The molecule has 1 unspecified atom stereocenters. The molecule has 1 saturated heterocycles. The Kier molecular flexibility index (Phi) is 7.91. The molecule has 0 bridgehead atoms. The van der Waals surface area contributed by atoms with Crippen LogP contribution in [0.4, 0.5) is 0 Å². The first-order chi connectivity index (χ1) is 9.04. The van der Waals surface area contributed by atoms with Crippen LogP contribution in [0.2, 0.25) is 0 Å². The molecule has 0 aromatic rings. The number of piperidine rings is 1. The van der Waals surface area contributed by atoms with Crippen LogP contribution >= 0.6 is 0 Å². The van der Waals surface area contributed by atoms with Crippen molar-refractivity contribution in [2.45, 2.75) is 38.8 Å². The first-order valence-electron chi connectivity index (χ1n) is 7.64. The first kappa shape index (κ1) is 16.9. The summed E-state index contributed by atoms with van der Waals surface area (Å²) in [5.41, 5.74) is 0. The molecule has 0 radical (unpaired) electrons. The van der Waals surface area contributed by atoms with E-state index in [4.69, 9.17) is 4.74 Å². The van der Waals surface area contributed by atoms with Crippen molar-refractivity contribution in [2.24, 2.45) is 5.92 Å². The van der Waals surface area contributed by atoms with Crippen LogP contribution in [0.3, 0.4) is 0 Å². The predicted octanol–water partition coefficient (Wildman–Crippen LogP) is 1.27. The van der Waals surface area contributed by atoms with Crippen LogP contribution in [-0.2, 0) is 4.74 Å². The minimum atomic E-state index is 0.483. The van der Waals surface area contributed by atoms with E-state index in [1.54, 1.807) is 7.11 Å². The molecule has 0 saturated carbocycles. The third-order valence-corrected chi connectivity index (χ3v) is 4.13. The van der Waals surface area contributed by atoms with E-state index in [1.807, 2.05) is 0 Å². The molecule has 1 aliphatic rings. The Balaban J connectivity index is 2.40.